The third-order valence-electron chi connectivity index (χ3n) is 6.55. The van der Waals surface area contributed by atoms with Gasteiger partial charge >= 0.3 is 18.1 Å². The molecule has 0 spiro atoms. The number of rotatable bonds is 12. The van der Waals surface area contributed by atoms with E-state index in [0.29, 0.717) is 35.2 Å². The standard InChI is InChI=1S/C31H33FN4O5.C2HF3O2/c1-4-40-26-12-9-20(16-27(26)41-18(2)3)29(35-21-10-11-22-19(15-21)13-14-34-30(22)33)31(39)36-25(17-28(37)38)23-7-5-6-8-24(23)32;3-2(4,5)1(6)7/h5-16,18,25,29,35H,4,17H2,1-3H3,(H2,33,34)(H,36,39)(H,37,38);(H,6,7)/t25-,29?;/m1./s1. The summed E-state index contributed by atoms with van der Waals surface area (Å²) in [6, 6.07) is 16.0. The smallest absolute Gasteiger partial charge is 0.490 e. The molecule has 0 aliphatic carbocycles. The highest BCUT2D eigenvalue weighted by Crippen LogP contribution is 2.34. The Hall–Kier alpha value is -5.60. The van der Waals surface area contributed by atoms with E-state index in [4.69, 9.17) is 25.1 Å². The van der Waals surface area contributed by atoms with Gasteiger partial charge in [0.25, 0.3) is 0 Å². The van der Waals surface area contributed by atoms with Crippen LogP contribution in [0.5, 0.6) is 11.5 Å². The number of alkyl halides is 3. The molecule has 1 aromatic heterocycles. The van der Waals surface area contributed by atoms with Crippen LogP contribution >= 0.6 is 0 Å². The zero-order chi connectivity index (χ0) is 35.6. The van der Waals surface area contributed by atoms with Crippen LogP contribution in [-0.2, 0) is 14.4 Å². The lowest BCUT2D eigenvalue weighted by Crippen LogP contribution is -2.37. The molecule has 256 valence electrons. The molecule has 0 bridgehead atoms. The van der Waals surface area contributed by atoms with Crippen LogP contribution in [0.1, 0.15) is 50.4 Å². The molecule has 2 atom stereocenters. The number of carbonyl (C=O) groups is 3. The number of amides is 1. The number of ether oxygens (including phenoxy) is 2. The van der Waals surface area contributed by atoms with E-state index in [1.807, 2.05) is 26.8 Å². The van der Waals surface area contributed by atoms with Gasteiger partial charge in [-0.3, -0.25) is 9.59 Å². The first kappa shape index (κ1) is 36.9. The molecule has 1 heterocycles. The number of nitrogens with zero attached hydrogens (tertiary/aromatic N) is 1. The average Bonchev–Trinajstić information content (AvgIpc) is 3.00. The van der Waals surface area contributed by atoms with Crippen LogP contribution in [-0.4, -0.2) is 51.9 Å². The van der Waals surface area contributed by atoms with Crippen LogP contribution < -0.4 is 25.8 Å². The molecule has 3 aromatic carbocycles. The van der Waals surface area contributed by atoms with Crippen molar-refractivity contribution in [3.8, 4) is 11.5 Å². The summed E-state index contributed by atoms with van der Waals surface area (Å²) in [5.74, 6) is -3.76. The van der Waals surface area contributed by atoms with Gasteiger partial charge in [0, 0.05) is 22.8 Å². The first-order chi connectivity index (χ1) is 22.6. The van der Waals surface area contributed by atoms with E-state index in [1.165, 1.54) is 18.2 Å². The number of carbonyl (C=O) groups excluding carboxylic acids is 1. The molecule has 0 saturated heterocycles. The molecule has 6 N–H and O–H groups in total. The molecular formula is C33H34F4N4O7. The SMILES string of the molecule is CCOc1ccc(C(Nc2ccc3c(N)nccc3c2)C(=O)N[C@H](CC(=O)O)c2ccccc2F)cc1OC(C)C.O=C(O)C(F)(F)F. The number of nitrogens with two attached hydrogens (primary N) is 1. The number of nitrogen functional groups attached to an aromatic ring is 1. The molecular weight excluding hydrogens is 640 g/mol. The number of aromatic nitrogens is 1. The number of nitrogens with one attached hydrogen (secondary N) is 2. The number of halogens is 4. The molecule has 48 heavy (non-hydrogen) atoms. The highest BCUT2D eigenvalue weighted by molar-refractivity contribution is 5.94. The van der Waals surface area contributed by atoms with Gasteiger partial charge in [0.2, 0.25) is 5.91 Å². The van der Waals surface area contributed by atoms with Crippen molar-refractivity contribution >= 4 is 40.1 Å². The summed E-state index contributed by atoms with van der Waals surface area (Å²) in [4.78, 5) is 38.6. The van der Waals surface area contributed by atoms with E-state index in [9.17, 15) is 32.3 Å². The number of hydrogen-bond donors (Lipinski definition) is 5. The zero-order valence-corrected chi connectivity index (χ0v) is 26.0. The molecule has 0 aliphatic heterocycles. The van der Waals surface area contributed by atoms with Gasteiger partial charge in [0.1, 0.15) is 17.7 Å². The molecule has 1 amide bonds. The fourth-order valence-corrected chi connectivity index (χ4v) is 4.51. The second-order valence-electron chi connectivity index (χ2n) is 10.5. The van der Waals surface area contributed by atoms with Crippen molar-refractivity contribution in [2.45, 2.75) is 51.6 Å². The second kappa shape index (κ2) is 16.3. The summed E-state index contributed by atoms with van der Waals surface area (Å²) in [5, 5.41) is 24.2. The highest BCUT2D eigenvalue weighted by Gasteiger charge is 2.38. The summed E-state index contributed by atoms with van der Waals surface area (Å²) in [6.45, 7) is 6.04. The van der Waals surface area contributed by atoms with Crippen molar-refractivity contribution in [3.63, 3.8) is 0 Å². The number of anilines is 2. The number of carboxylic acid groups (broad SMARTS) is 2. The van der Waals surface area contributed by atoms with E-state index >= 15 is 0 Å². The van der Waals surface area contributed by atoms with Gasteiger partial charge in [-0.2, -0.15) is 13.2 Å². The Morgan fingerprint density at radius 3 is 2.27 bits per heavy atom. The first-order valence-electron chi connectivity index (χ1n) is 14.5. The number of hydrogen-bond acceptors (Lipinski definition) is 8. The molecule has 1 unspecified atom stereocenters. The van der Waals surface area contributed by atoms with E-state index in [2.05, 4.69) is 15.6 Å². The first-order valence-corrected chi connectivity index (χ1v) is 14.5. The molecule has 4 aromatic rings. The lowest BCUT2D eigenvalue weighted by Gasteiger charge is -2.25. The normalized spacial score (nSPS) is 12.3. The quantitative estimate of drug-likeness (QED) is 0.108. The third kappa shape index (κ3) is 10.2. The maximum Gasteiger partial charge on any atom is 0.490 e. The lowest BCUT2D eigenvalue weighted by atomic mass is 10.00. The minimum Gasteiger partial charge on any atom is -0.490 e. The molecule has 0 saturated carbocycles. The second-order valence-corrected chi connectivity index (χ2v) is 10.5. The Morgan fingerprint density at radius 1 is 0.979 bits per heavy atom. The number of fused-ring (bicyclic) bond motifs is 1. The minimum absolute atomic E-state index is 0.0752. The predicted molar refractivity (Wildman–Crippen MR) is 169 cm³/mol. The Balaban J connectivity index is 0.000000804. The minimum atomic E-state index is -5.08. The fraction of sp³-hybridized carbons (Fsp3) is 0.273. The third-order valence-corrected chi connectivity index (χ3v) is 6.55. The Bertz CT molecular complexity index is 1750. The number of carboxylic acids is 2. The van der Waals surface area contributed by atoms with Crippen LogP contribution in [0.2, 0.25) is 0 Å². The number of pyridine rings is 1. The van der Waals surface area contributed by atoms with E-state index in [0.717, 1.165) is 10.8 Å². The van der Waals surface area contributed by atoms with Crippen molar-refractivity contribution in [2.24, 2.45) is 0 Å². The molecule has 0 radical (unpaired) electrons. The van der Waals surface area contributed by atoms with Crippen LogP contribution in [0, 0.1) is 5.82 Å². The van der Waals surface area contributed by atoms with Gasteiger partial charge in [-0.1, -0.05) is 24.3 Å². The van der Waals surface area contributed by atoms with Crippen molar-refractivity contribution < 1.29 is 51.6 Å². The average molecular weight is 675 g/mol. The van der Waals surface area contributed by atoms with Crippen LogP contribution in [0.15, 0.2) is 72.9 Å². The molecule has 11 nitrogen and oxygen atoms in total. The Morgan fingerprint density at radius 2 is 1.67 bits per heavy atom. The topological polar surface area (TPSA) is 173 Å². The van der Waals surface area contributed by atoms with Crippen molar-refractivity contribution in [1.29, 1.82) is 0 Å². The van der Waals surface area contributed by atoms with Gasteiger partial charge < -0.3 is 36.1 Å². The Labute approximate surface area is 272 Å². The molecule has 0 fully saturated rings. The maximum absolute atomic E-state index is 14.7. The number of benzene rings is 3. The van der Waals surface area contributed by atoms with E-state index in [1.54, 1.807) is 48.7 Å². The number of aliphatic carboxylic acids is 2. The molecule has 0 aliphatic rings. The monoisotopic (exact) mass is 674 g/mol. The van der Waals surface area contributed by atoms with Gasteiger partial charge in [0.15, 0.2) is 11.5 Å². The van der Waals surface area contributed by atoms with Crippen LogP contribution in [0.3, 0.4) is 0 Å². The van der Waals surface area contributed by atoms with Crippen LogP contribution in [0.4, 0.5) is 29.1 Å². The van der Waals surface area contributed by atoms with Crippen molar-refractivity contribution in [2.75, 3.05) is 17.7 Å². The summed E-state index contributed by atoms with van der Waals surface area (Å²) < 4.78 is 58.1. The van der Waals surface area contributed by atoms with E-state index < -0.39 is 48.3 Å². The van der Waals surface area contributed by atoms with Gasteiger partial charge in [-0.25, -0.2) is 14.2 Å². The van der Waals surface area contributed by atoms with Crippen LogP contribution in [0.25, 0.3) is 10.8 Å². The molecule has 4 rings (SSSR count). The van der Waals surface area contributed by atoms with Gasteiger partial charge in [-0.15, -0.1) is 0 Å². The Kier molecular flexibility index (Phi) is 12.5. The van der Waals surface area contributed by atoms with E-state index in [-0.39, 0.29) is 11.7 Å². The van der Waals surface area contributed by atoms with Crippen molar-refractivity contribution in [1.82, 2.24) is 10.3 Å². The summed E-state index contributed by atoms with van der Waals surface area (Å²) in [6.07, 6.45) is -4.16. The van der Waals surface area contributed by atoms with Gasteiger partial charge in [0.05, 0.1) is 25.2 Å². The summed E-state index contributed by atoms with van der Waals surface area (Å²) >= 11 is 0. The maximum atomic E-state index is 14.7. The predicted octanol–water partition coefficient (Wildman–Crippen LogP) is 6.26. The summed E-state index contributed by atoms with van der Waals surface area (Å²) in [7, 11) is 0. The fourth-order valence-electron chi connectivity index (χ4n) is 4.51. The highest BCUT2D eigenvalue weighted by atomic mass is 19.4. The lowest BCUT2D eigenvalue weighted by molar-refractivity contribution is -0.192. The molecule has 15 heteroatoms. The summed E-state index contributed by atoms with van der Waals surface area (Å²) in [5.41, 5.74) is 7.21. The van der Waals surface area contributed by atoms with Crippen molar-refractivity contribution in [3.05, 3.63) is 89.9 Å². The zero-order valence-electron chi connectivity index (χ0n) is 26.0. The largest absolute Gasteiger partial charge is 0.490 e. The van der Waals surface area contributed by atoms with Gasteiger partial charge in [-0.05, 0) is 74.2 Å².